The topological polar surface area (TPSA) is 63.1 Å². The molecule has 0 amide bonds. The second-order valence-electron chi connectivity index (χ2n) is 2.79. The summed E-state index contributed by atoms with van der Waals surface area (Å²) in [5.41, 5.74) is 0. The highest BCUT2D eigenvalue weighted by Gasteiger charge is 2.19. The van der Waals surface area contributed by atoms with Gasteiger partial charge in [-0.1, -0.05) is 31.5 Å². The molecule has 0 aliphatic rings. The monoisotopic (exact) mass is 232 g/mol. The molecule has 0 saturated heterocycles. The third-order valence-electron chi connectivity index (χ3n) is 1.68. The SMILES string of the molecule is CCCCC(Sc1ncns1)C(=O)O. The zero-order valence-electron chi connectivity index (χ0n) is 7.84. The summed E-state index contributed by atoms with van der Waals surface area (Å²) < 4.78 is 4.56. The number of hydrogen-bond donors (Lipinski definition) is 1. The third kappa shape index (κ3) is 3.63. The number of carboxylic acid groups (broad SMARTS) is 1. The van der Waals surface area contributed by atoms with Gasteiger partial charge >= 0.3 is 5.97 Å². The third-order valence-corrected chi connectivity index (χ3v) is 3.68. The molecule has 14 heavy (non-hydrogen) atoms. The van der Waals surface area contributed by atoms with Crippen LogP contribution < -0.4 is 0 Å². The smallest absolute Gasteiger partial charge is 0.317 e. The molecule has 0 radical (unpaired) electrons. The molecule has 0 fully saturated rings. The number of carboxylic acids is 1. The number of thioether (sulfide) groups is 1. The summed E-state index contributed by atoms with van der Waals surface area (Å²) in [6, 6.07) is 0. The van der Waals surface area contributed by atoms with Crippen molar-refractivity contribution in [1.82, 2.24) is 9.36 Å². The Bertz CT molecular complexity index is 277. The molecule has 1 aromatic rings. The summed E-state index contributed by atoms with van der Waals surface area (Å²) in [7, 11) is 0. The summed E-state index contributed by atoms with van der Waals surface area (Å²) in [4.78, 5) is 14.8. The van der Waals surface area contributed by atoms with Crippen LogP contribution in [0.2, 0.25) is 0 Å². The fourth-order valence-corrected chi connectivity index (χ4v) is 2.62. The van der Waals surface area contributed by atoms with Crippen molar-refractivity contribution in [2.24, 2.45) is 0 Å². The minimum atomic E-state index is -0.765. The molecule has 1 heterocycles. The maximum absolute atomic E-state index is 10.9. The van der Waals surface area contributed by atoms with Crippen LogP contribution in [-0.2, 0) is 4.79 Å². The Balaban J connectivity index is 2.47. The van der Waals surface area contributed by atoms with Crippen LogP contribution in [0.25, 0.3) is 0 Å². The Morgan fingerprint density at radius 3 is 3.07 bits per heavy atom. The van der Waals surface area contributed by atoms with Gasteiger partial charge in [-0.3, -0.25) is 4.79 Å². The number of nitrogens with zero attached hydrogens (tertiary/aromatic N) is 2. The summed E-state index contributed by atoms with van der Waals surface area (Å²) in [5.74, 6) is -0.765. The number of aliphatic carboxylic acids is 1. The minimum Gasteiger partial charge on any atom is -0.480 e. The lowest BCUT2D eigenvalue weighted by atomic mass is 10.2. The predicted molar refractivity (Wildman–Crippen MR) is 56.7 cm³/mol. The average molecular weight is 232 g/mol. The summed E-state index contributed by atoms with van der Waals surface area (Å²) in [6.07, 6.45) is 4.09. The van der Waals surface area contributed by atoms with Crippen LogP contribution >= 0.6 is 23.3 Å². The molecule has 6 heteroatoms. The van der Waals surface area contributed by atoms with Crippen molar-refractivity contribution in [3.8, 4) is 0 Å². The number of rotatable bonds is 6. The highest BCUT2D eigenvalue weighted by molar-refractivity contribution is 8.02. The molecule has 1 aromatic heterocycles. The van der Waals surface area contributed by atoms with Crippen LogP contribution in [0.3, 0.4) is 0 Å². The van der Waals surface area contributed by atoms with Crippen molar-refractivity contribution in [2.45, 2.75) is 35.8 Å². The van der Waals surface area contributed by atoms with Crippen molar-refractivity contribution in [1.29, 1.82) is 0 Å². The largest absolute Gasteiger partial charge is 0.480 e. The predicted octanol–water partition coefficient (Wildman–Crippen LogP) is 2.27. The maximum Gasteiger partial charge on any atom is 0.317 e. The molecule has 0 aliphatic heterocycles. The van der Waals surface area contributed by atoms with E-state index in [0.29, 0.717) is 6.42 Å². The zero-order chi connectivity index (χ0) is 10.4. The highest BCUT2D eigenvalue weighted by Crippen LogP contribution is 2.27. The maximum atomic E-state index is 10.9. The van der Waals surface area contributed by atoms with Crippen molar-refractivity contribution in [3.63, 3.8) is 0 Å². The summed E-state index contributed by atoms with van der Waals surface area (Å²) in [6.45, 7) is 2.05. The van der Waals surface area contributed by atoms with E-state index in [4.69, 9.17) is 5.11 Å². The van der Waals surface area contributed by atoms with E-state index in [2.05, 4.69) is 16.3 Å². The van der Waals surface area contributed by atoms with E-state index in [0.717, 1.165) is 17.2 Å². The standard InChI is InChI=1S/C8H12N2O2S2/c1-2-3-4-6(7(11)12)13-8-9-5-10-14-8/h5-6H,2-4H2,1H3,(H,11,12). The molecule has 1 unspecified atom stereocenters. The fraction of sp³-hybridized carbons (Fsp3) is 0.625. The number of hydrogen-bond acceptors (Lipinski definition) is 5. The van der Waals surface area contributed by atoms with Gasteiger partial charge in [-0.15, -0.1) is 0 Å². The number of carbonyl (C=O) groups is 1. The molecule has 0 aliphatic carbocycles. The van der Waals surface area contributed by atoms with E-state index in [-0.39, 0.29) is 5.25 Å². The summed E-state index contributed by atoms with van der Waals surface area (Å²) >= 11 is 2.53. The molecule has 0 aromatic carbocycles. The lowest BCUT2D eigenvalue weighted by Crippen LogP contribution is -2.15. The van der Waals surface area contributed by atoms with E-state index in [1.54, 1.807) is 0 Å². The van der Waals surface area contributed by atoms with Gasteiger partial charge in [-0.05, 0) is 18.0 Å². The van der Waals surface area contributed by atoms with Crippen LogP contribution in [0.1, 0.15) is 26.2 Å². The second kappa shape index (κ2) is 5.98. The van der Waals surface area contributed by atoms with Gasteiger partial charge in [0.2, 0.25) is 0 Å². The van der Waals surface area contributed by atoms with Crippen LogP contribution in [-0.4, -0.2) is 25.7 Å². The molecule has 1 N–H and O–H groups in total. The molecule has 78 valence electrons. The first-order valence-corrected chi connectivity index (χ1v) is 6.05. The van der Waals surface area contributed by atoms with Crippen molar-refractivity contribution < 1.29 is 9.90 Å². The molecule has 0 spiro atoms. The molecule has 0 bridgehead atoms. The van der Waals surface area contributed by atoms with E-state index < -0.39 is 5.97 Å². The van der Waals surface area contributed by atoms with E-state index in [1.165, 1.54) is 29.6 Å². The van der Waals surface area contributed by atoms with Crippen LogP contribution in [0, 0.1) is 0 Å². The number of aromatic nitrogens is 2. The summed E-state index contributed by atoms with van der Waals surface area (Å²) in [5, 5.41) is 8.55. The van der Waals surface area contributed by atoms with Gasteiger partial charge in [-0.2, -0.15) is 4.37 Å². The number of unbranched alkanes of at least 4 members (excludes halogenated alkanes) is 1. The Morgan fingerprint density at radius 1 is 1.79 bits per heavy atom. The van der Waals surface area contributed by atoms with Gasteiger partial charge in [0.1, 0.15) is 11.6 Å². The van der Waals surface area contributed by atoms with Crippen molar-refractivity contribution >= 4 is 29.3 Å². The molecule has 0 saturated carbocycles. The van der Waals surface area contributed by atoms with Crippen molar-refractivity contribution in [3.05, 3.63) is 6.33 Å². The van der Waals surface area contributed by atoms with Gasteiger partial charge < -0.3 is 5.11 Å². The Kier molecular flexibility index (Phi) is 4.89. The van der Waals surface area contributed by atoms with E-state index in [9.17, 15) is 4.79 Å². The van der Waals surface area contributed by atoms with E-state index >= 15 is 0 Å². The van der Waals surface area contributed by atoms with Crippen LogP contribution in [0.4, 0.5) is 0 Å². The van der Waals surface area contributed by atoms with Gasteiger partial charge in [0.25, 0.3) is 0 Å². The van der Waals surface area contributed by atoms with Crippen LogP contribution in [0.15, 0.2) is 10.7 Å². The molecule has 1 rings (SSSR count). The lowest BCUT2D eigenvalue weighted by molar-refractivity contribution is -0.136. The van der Waals surface area contributed by atoms with Gasteiger partial charge in [-0.25, -0.2) is 4.98 Å². The Hall–Kier alpha value is -0.620. The average Bonchev–Trinajstić information content (AvgIpc) is 2.64. The second-order valence-corrected chi connectivity index (χ2v) is 5.02. The molecular formula is C8H12N2O2S2. The first kappa shape index (κ1) is 11.5. The quantitative estimate of drug-likeness (QED) is 0.762. The van der Waals surface area contributed by atoms with Gasteiger partial charge in [0, 0.05) is 0 Å². The minimum absolute atomic E-state index is 0.386. The lowest BCUT2D eigenvalue weighted by Gasteiger charge is -2.08. The first-order chi connectivity index (χ1) is 6.74. The first-order valence-electron chi connectivity index (χ1n) is 4.40. The van der Waals surface area contributed by atoms with E-state index in [1.807, 2.05) is 0 Å². The van der Waals surface area contributed by atoms with Gasteiger partial charge in [0.15, 0.2) is 4.34 Å². The van der Waals surface area contributed by atoms with Gasteiger partial charge in [0.05, 0.1) is 0 Å². The van der Waals surface area contributed by atoms with Crippen LogP contribution in [0.5, 0.6) is 0 Å². The fourth-order valence-electron chi connectivity index (χ4n) is 0.959. The molecule has 1 atom stereocenters. The molecular weight excluding hydrogens is 220 g/mol. The Morgan fingerprint density at radius 2 is 2.57 bits per heavy atom. The van der Waals surface area contributed by atoms with Crippen molar-refractivity contribution in [2.75, 3.05) is 0 Å². The molecule has 4 nitrogen and oxygen atoms in total. The normalized spacial score (nSPS) is 12.6. The highest BCUT2D eigenvalue weighted by atomic mass is 32.2. The Labute approximate surface area is 90.9 Å². The zero-order valence-corrected chi connectivity index (χ0v) is 9.48.